The summed E-state index contributed by atoms with van der Waals surface area (Å²) in [5.41, 5.74) is -0.595. The van der Waals surface area contributed by atoms with Crippen molar-refractivity contribution in [1.29, 1.82) is 0 Å². The molecule has 2 rings (SSSR count). The van der Waals surface area contributed by atoms with Crippen LogP contribution in [0.5, 0.6) is 0 Å². The first-order valence-corrected chi connectivity index (χ1v) is 7.23. The number of benzene rings is 2. The van der Waals surface area contributed by atoms with Crippen LogP contribution in [0.25, 0.3) is 0 Å². The molecule has 4 heteroatoms. The van der Waals surface area contributed by atoms with Gasteiger partial charge in [-0.05, 0) is 37.3 Å². The molecule has 2 aromatic rings. The molecule has 0 fully saturated rings. The Morgan fingerprint density at radius 3 is 1.78 bits per heavy atom. The third-order valence-electron chi connectivity index (χ3n) is 2.73. The first-order chi connectivity index (χ1) is 8.48. The molecule has 1 atom stereocenters. The van der Waals surface area contributed by atoms with Gasteiger partial charge in [0.05, 0.1) is 5.56 Å². The summed E-state index contributed by atoms with van der Waals surface area (Å²) in [6.07, 6.45) is -4.26. The second-order valence-electron chi connectivity index (χ2n) is 3.94. The average molecular weight is 268 g/mol. The highest BCUT2D eigenvalue weighted by atomic mass is 31.1. The second-order valence-corrected chi connectivity index (χ2v) is 6.09. The third kappa shape index (κ3) is 2.91. The van der Waals surface area contributed by atoms with E-state index in [9.17, 15) is 13.2 Å². The summed E-state index contributed by atoms with van der Waals surface area (Å²) >= 11 is 0. The fourth-order valence-corrected chi connectivity index (χ4v) is 3.19. The summed E-state index contributed by atoms with van der Waals surface area (Å²) < 4.78 is 37.3. The summed E-state index contributed by atoms with van der Waals surface area (Å²) in [6, 6.07) is 15.3. The summed E-state index contributed by atoms with van der Waals surface area (Å²) in [7, 11) is -0.586. The van der Waals surface area contributed by atoms with Crippen LogP contribution in [0.3, 0.4) is 0 Å². The van der Waals surface area contributed by atoms with Crippen molar-refractivity contribution in [3.63, 3.8) is 0 Å². The van der Waals surface area contributed by atoms with Gasteiger partial charge in [0.15, 0.2) is 0 Å². The number of halogens is 3. The molecule has 0 amide bonds. The normalized spacial score (nSPS) is 13.3. The molecule has 0 saturated carbocycles. The second kappa shape index (κ2) is 5.11. The van der Waals surface area contributed by atoms with E-state index < -0.39 is 19.7 Å². The molecule has 0 nitrogen and oxygen atoms in total. The van der Waals surface area contributed by atoms with Gasteiger partial charge in [-0.1, -0.05) is 42.5 Å². The van der Waals surface area contributed by atoms with Gasteiger partial charge in [0.1, 0.15) is 0 Å². The van der Waals surface area contributed by atoms with Crippen LogP contribution in [0.4, 0.5) is 13.2 Å². The molecular weight excluding hydrogens is 256 g/mol. The van der Waals surface area contributed by atoms with Crippen molar-refractivity contribution < 1.29 is 13.2 Å². The zero-order valence-corrected chi connectivity index (χ0v) is 10.7. The van der Waals surface area contributed by atoms with Crippen LogP contribution in [-0.4, -0.2) is 6.66 Å². The Balaban J connectivity index is 2.25. The molecule has 0 N–H and O–H groups in total. The van der Waals surface area contributed by atoms with Crippen LogP contribution in [-0.2, 0) is 6.18 Å². The Kier molecular flexibility index (Phi) is 3.72. The first-order valence-electron chi connectivity index (χ1n) is 5.44. The predicted octanol–water partition coefficient (Wildman–Crippen LogP) is 3.77. The Labute approximate surface area is 105 Å². The molecule has 0 heterocycles. The van der Waals surface area contributed by atoms with Gasteiger partial charge in [-0.2, -0.15) is 13.2 Å². The van der Waals surface area contributed by atoms with Crippen LogP contribution in [0, 0.1) is 0 Å². The third-order valence-corrected chi connectivity index (χ3v) is 4.87. The van der Waals surface area contributed by atoms with Gasteiger partial charge in [-0.25, -0.2) is 0 Å². The Morgan fingerprint density at radius 1 is 0.778 bits per heavy atom. The largest absolute Gasteiger partial charge is 0.416 e. The minimum atomic E-state index is -4.26. The number of hydrogen-bond acceptors (Lipinski definition) is 0. The maximum absolute atomic E-state index is 12.4. The molecule has 0 unspecified atom stereocenters. The molecule has 0 bridgehead atoms. The van der Waals surface area contributed by atoms with E-state index in [1.807, 2.05) is 37.0 Å². The Morgan fingerprint density at radius 2 is 1.28 bits per heavy atom. The molecule has 0 saturated heterocycles. The lowest BCUT2D eigenvalue weighted by molar-refractivity contribution is -0.137. The van der Waals surface area contributed by atoms with E-state index in [1.54, 1.807) is 12.1 Å². The fraction of sp³-hybridized carbons (Fsp3) is 0.143. The van der Waals surface area contributed by atoms with Crippen molar-refractivity contribution in [1.82, 2.24) is 0 Å². The van der Waals surface area contributed by atoms with E-state index in [0.717, 1.165) is 22.7 Å². The maximum atomic E-state index is 12.4. The van der Waals surface area contributed by atoms with E-state index >= 15 is 0 Å². The highest BCUT2D eigenvalue weighted by Crippen LogP contribution is 2.32. The minimum Gasteiger partial charge on any atom is -0.166 e. The van der Waals surface area contributed by atoms with Gasteiger partial charge in [-0.3, -0.25) is 0 Å². The van der Waals surface area contributed by atoms with E-state index in [0.29, 0.717) is 0 Å². The van der Waals surface area contributed by atoms with Gasteiger partial charge in [0.2, 0.25) is 0 Å². The standard InChI is InChI=1S/C14H12F3P/c1-18(12-5-3-2-4-6-12)13-9-7-11(8-10-13)14(15,16)17/h2-10H,1H3/t18-/m0/s1. The van der Waals surface area contributed by atoms with E-state index in [1.165, 1.54) is 0 Å². The van der Waals surface area contributed by atoms with Crippen molar-refractivity contribution in [3.8, 4) is 0 Å². The quantitative estimate of drug-likeness (QED) is 0.727. The van der Waals surface area contributed by atoms with Crippen LogP contribution >= 0.6 is 7.92 Å². The van der Waals surface area contributed by atoms with Crippen molar-refractivity contribution in [2.45, 2.75) is 6.18 Å². The lowest BCUT2D eigenvalue weighted by atomic mass is 10.2. The van der Waals surface area contributed by atoms with Crippen LogP contribution in [0.2, 0.25) is 0 Å². The zero-order chi connectivity index (χ0) is 13.2. The van der Waals surface area contributed by atoms with Gasteiger partial charge in [0.25, 0.3) is 0 Å². The van der Waals surface area contributed by atoms with Gasteiger partial charge < -0.3 is 0 Å². The van der Waals surface area contributed by atoms with E-state index in [-0.39, 0.29) is 0 Å². The summed E-state index contributed by atoms with van der Waals surface area (Å²) in [4.78, 5) is 0. The lowest BCUT2D eigenvalue weighted by Gasteiger charge is -2.14. The van der Waals surface area contributed by atoms with Crippen molar-refractivity contribution >= 4 is 18.5 Å². The highest BCUT2D eigenvalue weighted by Gasteiger charge is 2.30. The molecular formula is C14H12F3P. The predicted molar refractivity (Wildman–Crippen MR) is 70.0 cm³/mol. The van der Waals surface area contributed by atoms with Crippen LogP contribution in [0.1, 0.15) is 5.56 Å². The van der Waals surface area contributed by atoms with Crippen molar-refractivity contribution in [2.24, 2.45) is 0 Å². The smallest absolute Gasteiger partial charge is 0.166 e. The van der Waals surface area contributed by atoms with Crippen LogP contribution in [0.15, 0.2) is 54.6 Å². The Bertz CT molecular complexity index is 503. The summed E-state index contributed by atoms with van der Waals surface area (Å²) in [5.74, 6) is 0. The molecule has 0 aliphatic rings. The van der Waals surface area contributed by atoms with Crippen molar-refractivity contribution in [2.75, 3.05) is 6.66 Å². The molecule has 0 aliphatic carbocycles. The topological polar surface area (TPSA) is 0 Å². The monoisotopic (exact) mass is 268 g/mol. The van der Waals surface area contributed by atoms with Crippen LogP contribution < -0.4 is 10.6 Å². The molecule has 0 spiro atoms. The number of alkyl halides is 3. The molecule has 0 radical (unpaired) electrons. The molecule has 0 aromatic heterocycles. The zero-order valence-electron chi connectivity index (χ0n) is 9.78. The molecule has 18 heavy (non-hydrogen) atoms. The van der Waals surface area contributed by atoms with Gasteiger partial charge >= 0.3 is 6.18 Å². The lowest BCUT2D eigenvalue weighted by Crippen LogP contribution is -2.12. The number of rotatable bonds is 2. The van der Waals surface area contributed by atoms with E-state index in [4.69, 9.17) is 0 Å². The maximum Gasteiger partial charge on any atom is 0.416 e. The molecule has 2 aromatic carbocycles. The summed E-state index contributed by atoms with van der Waals surface area (Å²) in [5, 5.41) is 2.11. The number of hydrogen-bond donors (Lipinski definition) is 0. The highest BCUT2D eigenvalue weighted by molar-refractivity contribution is 7.72. The fourth-order valence-electron chi connectivity index (χ4n) is 1.67. The van der Waals surface area contributed by atoms with Gasteiger partial charge in [-0.15, -0.1) is 0 Å². The molecule has 0 aliphatic heterocycles. The summed E-state index contributed by atoms with van der Waals surface area (Å²) in [6.45, 7) is 2.05. The molecule has 94 valence electrons. The minimum absolute atomic E-state index is 0.586. The SMILES string of the molecule is C[P@@](c1ccccc1)c1ccc(C(F)(F)F)cc1. The van der Waals surface area contributed by atoms with Crippen molar-refractivity contribution in [3.05, 3.63) is 60.2 Å². The Hall–Kier alpha value is -1.34. The van der Waals surface area contributed by atoms with E-state index in [2.05, 4.69) is 0 Å². The first kappa shape index (κ1) is 13.1. The average Bonchev–Trinajstić information content (AvgIpc) is 2.38. The van der Waals surface area contributed by atoms with Gasteiger partial charge in [0, 0.05) is 0 Å².